The summed E-state index contributed by atoms with van der Waals surface area (Å²) in [5.41, 5.74) is 3.90. The van der Waals surface area contributed by atoms with E-state index in [2.05, 4.69) is 4.98 Å². The van der Waals surface area contributed by atoms with Gasteiger partial charge in [-0.05, 0) is 25.1 Å². The number of alkyl halides is 3. The van der Waals surface area contributed by atoms with Gasteiger partial charge < -0.3 is 15.4 Å². The van der Waals surface area contributed by atoms with E-state index < -0.39 is 29.1 Å². The van der Waals surface area contributed by atoms with Gasteiger partial charge in [-0.25, -0.2) is 4.98 Å². The highest BCUT2D eigenvalue weighted by atomic mass is 32.2. The van der Waals surface area contributed by atoms with Gasteiger partial charge in [-0.3, -0.25) is 9.59 Å². The minimum absolute atomic E-state index is 0.0464. The van der Waals surface area contributed by atoms with E-state index in [0.717, 1.165) is 6.07 Å². The third kappa shape index (κ3) is 6.11. The fraction of sp³-hybridized carbons (Fsp3) is 0.300. The molecular formula is C20H19F3N4O3S. The van der Waals surface area contributed by atoms with Crippen molar-refractivity contribution in [2.45, 2.75) is 24.5 Å². The normalized spacial score (nSPS) is 11.0. The van der Waals surface area contributed by atoms with E-state index in [0.29, 0.717) is 23.2 Å². The lowest BCUT2D eigenvalue weighted by Gasteiger charge is -2.24. The predicted molar refractivity (Wildman–Crippen MR) is 109 cm³/mol. The van der Waals surface area contributed by atoms with Crippen molar-refractivity contribution in [3.8, 4) is 11.8 Å². The molecule has 11 heteroatoms. The number of halogens is 3. The molecule has 0 unspecified atom stereocenters. The van der Waals surface area contributed by atoms with E-state index >= 15 is 0 Å². The van der Waals surface area contributed by atoms with E-state index in [1.807, 2.05) is 0 Å². The molecule has 0 spiro atoms. The number of aromatic nitrogens is 1. The number of anilines is 1. The second kappa shape index (κ2) is 10.2. The zero-order valence-electron chi connectivity index (χ0n) is 16.7. The van der Waals surface area contributed by atoms with Crippen LogP contribution < -0.4 is 15.4 Å². The monoisotopic (exact) mass is 452 g/mol. The molecular weight excluding hydrogens is 433 g/mol. The van der Waals surface area contributed by atoms with Crippen LogP contribution in [0.3, 0.4) is 0 Å². The molecule has 2 aromatic rings. The minimum Gasteiger partial charge on any atom is -0.495 e. The number of benzene rings is 1. The fourth-order valence-corrected chi connectivity index (χ4v) is 3.67. The van der Waals surface area contributed by atoms with Crippen LogP contribution in [0.2, 0.25) is 0 Å². The van der Waals surface area contributed by atoms with Crippen molar-refractivity contribution in [1.29, 1.82) is 5.26 Å². The molecule has 0 saturated heterocycles. The Bertz CT molecular complexity index is 1020. The summed E-state index contributed by atoms with van der Waals surface area (Å²) < 4.78 is 45.1. The molecule has 1 aromatic carbocycles. The summed E-state index contributed by atoms with van der Waals surface area (Å²) in [5.74, 6) is -1.09. The molecule has 0 aliphatic heterocycles. The van der Waals surface area contributed by atoms with Crippen LogP contribution in [0.5, 0.6) is 5.75 Å². The number of ether oxygens (including phenoxy) is 1. The summed E-state index contributed by atoms with van der Waals surface area (Å²) in [6.07, 6.45) is -4.86. The van der Waals surface area contributed by atoms with E-state index in [9.17, 15) is 28.0 Å². The maximum Gasteiger partial charge on any atom is 0.417 e. The Balaban J connectivity index is 2.34. The van der Waals surface area contributed by atoms with Gasteiger partial charge >= 0.3 is 6.18 Å². The minimum atomic E-state index is -4.73. The molecule has 31 heavy (non-hydrogen) atoms. The van der Waals surface area contributed by atoms with Crippen molar-refractivity contribution in [2.75, 3.05) is 24.3 Å². The molecule has 1 aromatic heterocycles. The highest BCUT2D eigenvalue weighted by Crippen LogP contribution is 2.36. The summed E-state index contributed by atoms with van der Waals surface area (Å²) in [6, 6.07) is 8.92. The average Bonchev–Trinajstić information content (AvgIpc) is 2.71. The zero-order valence-corrected chi connectivity index (χ0v) is 17.5. The number of pyridine rings is 1. The first-order valence-electron chi connectivity index (χ1n) is 8.92. The number of thioether (sulfide) groups is 1. The van der Waals surface area contributed by atoms with E-state index in [1.165, 1.54) is 25.0 Å². The Morgan fingerprint density at radius 2 is 2.00 bits per heavy atom. The van der Waals surface area contributed by atoms with Gasteiger partial charge in [0.15, 0.2) is 0 Å². The van der Waals surface area contributed by atoms with Crippen LogP contribution in [0.25, 0.3) is 0 Å². The summed E-state index contributed by atoms with van der Waals surface area (Å²) in [7, 11) is 1.42. The zero-order chi connectivity index (χ0) is 23.2. The van der Waals surface area contributed by atoms with E-state index in [4.69, 9.17) is 10.5 Å². The van der Waals surface area contributed by atoms with Crippen LogP contribution in [-0.4, -0.2) is 36.2 Å². The number of methoxy groups -OCH3 is 1. The van der Waals surface area contributed by atoms with Crippen molar-refractivity contribution >= 4 is 29.3 Å². The molecule has 0 aliphatic carbocycles. The molecule has 0 fully saturated rings. The highest BCUT2D eigenvalue weighted by Gasteiger charge is 2.35. The predicted octanol–water partition coefficient (Wildman–Crippen LogP) is 3.29. The van der Waals surface area contributed by atoms with Crippen LogP contribution in [0, 0.1) is 18.3 Å². The van der Waals surface area contributed by atoms with Gasteiger partial charge in [0, 0.05) is 18.7 Å². The lowest BCUT2D eigenvalue weighted by atomic mass is 10.1. The Labute approximate surface area is 181 Å². The molecule has 1 heterocycles. The molecule has 0 bridgehead atoms. The van der Waals surface area contributed by atoms with Gasteiger partial charge in [0.25, 0.3) is 0 Å². The smallest absolute Gasteiger partial charge is 0.417 e. The van der Waals surface area contributed by atoms with E-state index in [-0.39, 0.29) is 29.4 Å². The first-order valence-corrected chi connectivity index (χ1v) is 9.90. The number of para-hydroxylation sites is 2. The van der Waals surface area contributed by atoms with Gasteiger partial charge in [-0.2, -0.15) is 18.4 Å². The van der Waals surface area contributed by atoms with Crippen molar-refractivity contribution in [3.63, 3.8) is 0 Å². The molecule has 0 radical (unpaired) electrons. The van der Waals surface area contributed by atoms with Crippen LogP contribution in [-0.2, 0) is 15.8 Å². The third-order valence-electron chi connectivity index (χ3n) is 4.12. The number of hydrogen-bond acceptors (Lipinski definition) is 6. The molecule has 0 atom stereocenters. The van der Waals surface area contributed by atoms with Crippen LogP contribution in [0.15, 0.2) is 35.4 Å². The van der Waals surface area contributed by atoms with Crippen LogP contribution in [0.1, 0.15) is 23.2 Å². The van der Waals surface area contributed by atoms with E-state index in [1.54, 1.807) is 24.3 Å². The van der Waals surface area contributed by atoms with Crippen LogP contribution >= 0.6 is 11.8 Å². The molecule has 164 valence electrons. The van der Waals surface area contributed by atoms with Gasteiger partial charge in [0.1, 0.15) is 16.8 Å². The number of hydrogen-bond donors (Lipinski definition) is 1. The quantitative estimate of drug-likeness (QED) is 0.616. The maximum absolute atomic E-state index is 13.3. The number of nitrogens with two attached hydrogens (primary N) is 1. The number of carbonyl (C=O) groups is 2. The van der Waals surface area contributed by atoms with Crippen LogP contribution in [0.4, 0.5) is 18.9 Å². The first kappa shape index (κ1) is 24.0. The fourth-order valence-electron chi connectivity index (χ4n) is 2.74. The highest BCUT2D eigenvalue weighted by molar-refractivity contribution is 8.00. The number of carbonyl (C=O) groups excluding carboxylic acids is 2. The molecule has 2 rings (SSSR count). The van der Waals surface area contributed by atoms with Crippen molar-refractivity contribution < 1.29 is 27.5 Å². The van der Waals surface area contributed by atoms with Crippen molar-refractivity contribution in [3.05, 3.63) is 47.2 Å². The molecule has 0 aliphatic rings. The Morgan fingerprint density at radius 1 is 1.32 bits per heavy atom. The number of primary amides is 1. The molecule has 7 nitrogen and oxygen atoms in total. The largest absolute Gasteiger partial charge is 0.495 e. The second-order valence-electron chi connectivity index (χ2n) is 6.32. The molecule has 0 saturated carbocycles. The first-order chi connectivity index (χ1) is 14.6. The second-order valence-corrected chi connectivity index (χ2v) is 7.29. The lowest BCUT2D eigenvalue weighted by molar-refractivity contribution is -0.138. The third-order valence-corrected chi connectivity index (χ3v) is 5.08. The number of amides is 2. The van der Waals surface area contributed by atoms with Gasteiger partial charge in [0.05, 0.1) is 29.7 Å². The number of aryl methyl sites for hydroxylation is 1. The number of nitriles is 1. The summed E-state index contributed by atoms with van der Waals surface area (Å²) in [6.45, 7) is 1.32. The van der Waals surface area contributed by atoms with Crippen molar-refractivity contribution in [1.82, 2.24) is 4.98 Å². The SMILES string of the molecule is COc1ccccc1N(CCC(N)=O)C(=O)CSc1nc(C)cc(C(F)(F)F)c1C#N. The number of nitrogens with zero attached hydrogens (tertiary/aromatic N) is 3. The molecule has 2 amide bonds. The maximum atomic E-state index is 13.3. The Morgan fingerprint density at radius 3 is 2.58 bits per heavy atom. The average molecular weight is 452 g/mol. The summed E-state index contributed by atoms with van der Waals surface area (Å²) in [5, 5.41) is 9.06. The van der Waals surface area contributed by atoms with Crippen molar-refractivity contribution in [2.24, 2.45) is 5.73 Å². The van der Waals surface area contributed by atoms with Gasteiger partial charge in [-0.15, -0.1) is 0 Å². The Kier molecular flexibility index (Phi) is 7.88. The van der Waals surface area contributed by atoms with Gasteiger partial charge in [-0.1, -0.05) is 23.9 Å². The standard InChI is InChI=1S/C20H19F3N4O3S/c1-12-9-14(20(21,22)23)13(10-24)19(26-12)31-11-18(29)27(8-7-17(25)28)15-5-3-4-6-16(15)30-2/h3-6,9H,7-8,11H2,1-2H3,(H2,25,28). The number of rotatable bonds is 8. The summed E-state index contributed by atoms with van der Waals surface area (Å²) in [4.78, 5) is 29.4. The molecule has 2 N–H and O–H groups in total. The van der Waals surface area contributed by atoms with Gasteiger partial charge in [0.2, 0.25) is 11.8 Å². The summed E-state index contributed by atoms with van der Waals surface area (Å²) >= 11 is 0.713. The topological polar surface area (TPSA) is 109 Å². The lowest BCUT2D eigenvalue weighted by Crippen LogP contribution is -2.35. The Hall–Kier alpha value is -3.26.